The maximum atomic E-state index is 3.90. The SMILES string of the molecule is Brc1ccc(CC23c4c5c6c7c8c9c(c%10c%11c2c2c4c4c%12c5c5c6c6c8c8c%13c9c9c%10c%10c%11c%11c2c2c4c4c%12c%12c5c5c6c8c6c8c%13c9c9c%10c%10c%11c2c2c4c4c%12c5c6c5c8c9c%10c2c45)C73)cc1. The minimum atomic E-state index is -0.209. The monoisotopic (exact) mass is 890 g/mol. The zero-order chi connectivity index (χ0) is 40.3. The molecule has 0 spiro atoms. The van der Waals surface area contributed by atoms with Crippen LogP contribution in [0.1, 0.15) is 33.7 Å². The molecule has 0 bridgehead atoms. The molecule has 4 aliphatic rings. The molecule has 0 N–H and O–H groups in total. The average molecular weight is 892 g/mol. The molecule has 1 heteroatoms. The molecule has 0 radical (unpaired) electrons. The number of benzene rings is 19. The van der Waals surface area contributed by atoms with Gasteiger partial charge in [-0.2, -0.15) is 0 Å². The van der Waals surface area contributed by atoms with Gasteiger partial charge in [-0.3, -0.25) is 0 Å². The van der Waals surface area contributed by atoms with E-state index in [-0.39, 0.29) is 11.3 Å². The largest absolute Gasteiger partial charge is 0.0579 e. The summed E-state index contributed by atoms with van der Waals surface area (Å²) < 4.78 is 1.18. The lowest BCUT2D eigenvalue weighted by Crippen LogP contribution is -2.39. The highest BCUT2D eigenvalue weighted by Crippen LogP contribution is 2.83. The number of halogens is 1. The average Bonchev–Trinajstić information content (AvgIpc) is 4.20. The van der Waals surface area contributed by atoms with Gasteiger partial charge in [-0.05, 0) is 337 Å². The van der Waals surface area contributed by atoms with Gasteiger partial charge in [-0.25, -0.2) is 0 Å². The van der Waals surface area contributed by atoms with Crippen LogP contribution >= 0.6 is 15.9 Å². The molecule has 4 aliphatic carbocycles. The normalized spacial score (nSPS) is 21.0. The smallest absolute Gasteiger partial charge is 0.0378 e. The van der Waals surface area contributed by atoms with Gasteiger partial charge in [-0.15, -0.1) is 0 Å². The second kappa shape index (κ2) is 5.77. The highest BCUT2D eigenvalue weighted by atomic mass is 79.9. The van der Waals surface area contributed by atoms with Gasteiger partial charge in [0.05, 0.1) is 0 Å². The summed E-state index contributed by atoms with van der Waals surface area (Å²) in [6.45, 7) is 0. The van der Waals surface area contributed by atoms with Gasteiger partial charge in [0.1, 0.15) is 0 Å². The van der Waals surface area contributed by atoms with Gasteiger partial charge in [-0.1, -0.05) is 28.1 Å². The maximum absolute atomic E-state index is 3.90. The lowest BCUT2D eigenvalue weighted by atomic mass is 9.55. The molecule has 0 nitrogen and oxygen atoms in total. The van der Waals surface area contributed by atoms with Crippen molar-refractivity contribution in [3.63, 3.8) is 0 Å². The summed E-state index contributed by atoms with van der Waals surface area (Å²) in [5, 5.41) is 90.4. The van der Waals surface area contributed by atoms with Crippen LogP contribution in [0.15, 0.2) is 28.7 Å². The van der Waals surface area contributed by atoms with Crippen LogP contribution in [0.2, 0.25) is 0 Å². The fourth-order valence-corrected chi connectivity index (χ4v) is 24.8. The molecule has 0 saturated carbocycles. The maximum Gasteiger partial charge on any atom is 0.0378 e. The molecule has 282 valence electrons. The topological polar surface area (TPSA) is 0 Å². The van der Waals surface area contributed by atoms with Gasteiger partial charge >= 0.3 is 0 Å². The van der Waals surface area contributed by atoms with Crippen molar-refractivity contribution in [3.8, 4) is 0 Å². The summed E-state index contributed by atoms with van der Waals surface area (Å²) >= 11 is 3.90. The van der Waals surface area contributed by atoms with E-state index in [0.29, 0.717) is 0 Å². The fourth-order valence-electron chi connectivity index (χ4n) is 24.6. The molecule has 0 saturated heterocycles. The molecule has 0 aliphatic heterocycles. The van der Waals surface area contributed by atoms with E-state index in [4.69, 9.17) is 0 Å². The van der Waals surface area contributed by atoms with Crippen LogP contribution in [0, 0.1) is 0 Å². The highest BCUT2D eigenvalue weighted by Gasteiger charge is 2.63. The van der Waals surface area contributed by atoms with Crippen LogP contribution in [0.25, 0.3) is 291 Å². The Balaban J connectivity index is 1.19. The van der Waals surface area contributed by atoms with Crippen molar-refractivity contribution < 1.29 is 0 Å². The zero-order valence-electron chi connectivity index (χ0n) is 34.5. The Morgan fingerprint density at radius 3 is 0.647 bits per heavy atom. The predicted molar refractivity (Wildman–Crippen MR) is 293 cm³/mol. The van der Waals surface area contributed by atoms with E-state index in [0.717, 1.165) is 6.42 Å². The lowest BCUT2D eigenvalue weighted by Gasteiger charge is -2.45. The van der Waals surface area contributed by atoms with Gasteiger partial charge in [0.2, 0.25) is 0 Å². The van der Waals surface area contributed by atoms with Crippen molar-refractivity contribution in [2.75, 3.05) is 0 Å². The van der Waals surface area contributed by atoms with E-state index in [1.165, 1.54) is 10.0 Å². The molecule has 68 heavy (non-hydrogen) atoms. The first-order chi connectivity index (χ1) is 33.8. The Kier molecular flexibility index (Phi) is 2.15. The number of hydrogen-bond donors (Lipinski definition) is 0. The molecule has 29 aromatic carbocycles. The van der Waals surface area contributed by atoms with Gasteiger partial charge in [0.15, 0.2) is 0 Å². The van der Waals surface area contributed by atoms with Gasteiger partial charge < -0.3 is 0 Å². The Labute approximate surface area is 378 Å². The quantitative estimate of drug-likeness (QED) is 0.152. The summed E-state index contributed by atoms with van der Waals surface area (Å²) in [6, 6.07) is 9.69. The van der Waals surface area contributed by atoms with Gasteiger partial charge in [0.25, 0.3) is 0 Å². The Hall–Kier alpha value is -7.84. The number of hydrogen-bond acceptors (Lipinski definition) is 0. The van der Waals surface area contributed by atoms with Crippen molar-refractivity contribution in [3.05, 3.63) is 56.6 Å². The van der Waals surface area contributed by atoms with Crippen molar-refractivity contribution in [2.45, 2.75) is 17.8 Å². The van der Waals surface area contributed by atoms with E-state index in [2.05, 4.69) is 40.2 Å². The molecule has 33 rings (SSSR count). The van der Waals surface area contributed by atoms with Crippen molar-refractivity contribution in [1.29, 1.82) is 0 Å². The van der Waals surface area contributed by atoms with Crippen molar-refractivity contribution in [1.82, 2.24) is 0 Å². The van der Waals surface area contributed by atoms with Crippen molar-refractivity contribution in [2.24, 2.45) is 0 Å². The van der Waals surface area contributed by atoms with Crippen LogP contribution in [0.4, 0.5) is 0 Å². The second-order valence-corrected chi connectivity index (χ2v) is 26.0. The van der Waals surface area contributed by atoms with Crippen LogP contribution < -0.4 is 0 Å². The third-order valence-electron chi connectivity index (χ3n) is 24.7. The Morgan fingerprint density at radius 1 is 0.235 bits per heavy atom. The van der Waals surface area contributed by atoms with Crippen LogP contribution in [-0.2, 0) is 11.8 Å². The molecule has 0 aromatic heterocycles. The molecule has 0 atom stereocenters. The standard InChI is InChI=1S/C67H7Br/c68-7-3-1-6(2-4-7)5-67-64-60-54-40-32-24-12-9-8-10-13(12)25-27-23-17(10)19-15-11(8)14-18-16(9)22-26(24)38(40)46-44-30(22)28(18)36-34-20(14)21(15)35-37-29(19)31(23)45-47-39(27)41(33(25)32)55(54)61(64)57(47)59-51(45)49(37)53-43(35)42(34)52-48(36)50(44)58(56(46)60)65(67)62(52)63(53)66(59)67/h1-4,64H,5H2. The molecular weight excluding hydrogens is 885 g/mol. The fraction of sp³-hybridized carbons (Fsp3) is 0.0448. The van der Waals surface area contributed by atoms with E-state index in [9.17, 15) is 0 Å². The van der Waals surface area contributed by atoms with E-state index in [1.807, 2.05) is 0 Å². The Bertz CT molecular complexity index is 7040. The van der Waals surface area contributed by atoms with Crippen LogP contribution in [-0.4, -0.2) is 0 Å². The molecule has 0 heterocycles. The minimum absolute atomic E-state index is 0.209. The Morgan fingerprint density at radius 2 is 0.412 bits per heavy atom. The zero-order valence-corrected chi connectivity index (χ0v) is 36.1. The van der Waals surface area contributed by atoms with E-state index >= 15 is 0 Å². The lowest BCUT2D eigenvalue weighted by molar-refractivity contribution is 0.472. The van der Waals surface area contributed by atoms with Crippen LogP contribution in [0.3, 0.4) is 0 Å². The summed E-state index contributed by atoms with van der Waals surface area (Å²) in [5.41, 5.74) is 8.33. The van der Waals surface area contributed by atoms with Gasteiger partial charge in [0, 0.05) is 15.8 Å². The first-order valence-corrected chi connectivity index (χ1v) is 26.1. The second-order valence-electron chi connectivity index (χ2n) is 25.0. The highest BCUT2D eigenvalue weighted by molar-refractivity contribution is 9.10. The van der Waals surface area contributed by atoms with E-state index in [1.54, 1.807) is 313 Å². The summed E-state index contributed by atoms with van der Waals surface area (Å²) in [4.78, 5) is 0. The molecule has 0 amide bonds. The predicted octanol–water partition coefficient (Wildman–Crippen LogP) is 19.1. The summed E-state index contributed by atoms with van der Waals surface area (Å²) in [6.07, 6.45) is 1.04. The molecule has 29 aromatic rings. The first-order valence-electron chi connectivity index (χ1n) is 25.3. The third-order valence-corrected chi connectivity index (χ3v) is 25.2. The van der Waals surface area contributed by atoms with E-state index < -0.39 is 0 Å². The first kappa shape index (κ1) is 25.3. The third kappa shape index (κ3) is 1.36. The molecule has 0 fully saturated rings. The summed E-state index contributed by atoms with van der Waals surface area (Å²) in [7, 11) is 0. The minimum Gasteiger partial charge on any atom is -0.0579 e. The van der Waals surface area contributed by atoms with Crippen LogP contribution in [0.5, 0.6) is 0 Å². The molecule has 0 unspecified atom stereocenters. The number of rotatable bonds is 2. The van der Waals surface area contributed by atoms with Crippen molar-refractivity contribution >= 4 is 307 Å². The summed E-state index contributed by atoms with van der Waals surface area (Å²) in [5.74, 6) is 0.289. The molecular formula is C67H7Br.